The molecular formula is C11H16BrNOS. The molecule has 2 heterocycles. The van der Waals surface area contributed by atoms with E-state index in [1.54, 1.807) is 11.3 Å². The molecule has 15 heavy (non-hydrogen) atoms. The van der Waals surface area contributed by atoms with E-state index in [1.165, 1.54) is 22.2 Å². The molecule has 1 N–H and O–H groups in total. The highest BCUT2D eigenvalue weighted by molar-refractivity contribution is 9.10. The van der Waals surface area contributed by atoms with Crippen LogP contribution in [0.25, 0.3) is 0 Å². The van der Waals surface area contributed by atoms with Crippen molar-refractivity contribution in [2.45, 2.75) is 31.8 Å². The monoisotopic (exact) mass is 289 g/mol. The van der Waals surface area contributed by atoms with E-state index in [-0.39, 0.29) is 0 Å². The number of thiophene rings is 1. The fourth-order valence-electron chi connectivity index (χ4n) is 2.10. The molecule has 0 aliphatic carbocycles. The lowest BCUT2D eigenvalue weighted by molar-refractivity contribution is 0.0848. The molecule has 1 saturated heterocycles. The molecule has 4 heteroatoms. The van der Waals surface area contributed by atoms with Crippen LogP contribution in [0.3, 0.4) is 0 Å². The molecule has 0 bridgehead atoms. The molecule has 1 fully saturated rings. The van der Waals surface area contributed by atoms with Crippen molar-refractivity contribution in [1.29, 1.82) is 0 Å². The van der Waals surface area contributed by atoms with E-state index in [4.69, 9.17) is 0 Å². The van der Waals surface area contributed by atoms with Crippen molar-refractivity contribution in [2.75, 3.05) is 13.2 Å². The van der Waals surface area contributed by atoms with Crippen LogP contribution in [0.15, 0.2) is 15.9 Å². The molecular weight excluding hydrogens is 274 g/mol. The number of halogens is 1. The third-order valence-electron chi connectivity index (χ3n) is 3.00. The van der Waals surface area contributed by atoms with Crippen molar-refractivity contribution >= 4 is 27.3 Å². The molecule has 1 unspecified atom stereocenters. The second kappa shape index (κ2) is 5.43. The molecule has 1 aromatic heterocycles. The highest BCUT2D eigenvalue weighted by Gasteiger charge is 2.22. The molecule has 0 spiro atoms. The molecule has 0 radical (unpaired) electrons. The largest absolute Gasteiger partial charge is 0.395 e. The Bertz CT molecular complexity index is 315. The Hall–Kier alpha value is 0.100. The Balaban J connectivity index is 2.00. The van der Waals surface area contributed by atoms with Crippen LogP contribution in [0.2, 0.25) is 0 Å². The van der Waals surface area contributed by atoms with Crippen LogP contribution >= 0.6 is 27.3 Å². The summed E-state index contributed by atoms with van der Waals surface area (Å²) in [5.41, 5.74) is 0. The van der Waals surface area contributed by atoms with Gasteiger partial charge in [0.25, 0.3) is 0 Å². The maximum absolute atomic E-state index is 9.31. The Kier molecular flexibility index (Phi) is 4.20. The van der Waals surface area contributed by atoms with Gasteiger partial charge in [0.05, 0.1) is 6.61 Å². The number of hydrogen-bond donors (Lipinski definition) is 1. The summed E-state index contributed by atoms with van der Waals surface area (Å²) in [5.74, 6) is 0. The van der Waals surface area contributed by atoms with E-state index < -0.39 is 0 Å². The Morgan fingerprint density at radius 1 is 1.53 bits per heavy atom. The number of piperidine rings is 1. The molecule has 0 amide bonds. The van der Waals surface area contributed by atoms with Crippen LogP contribution in [-0.2, 0) is 6.54 Å². The van der Waals surface area contributed by atoms with E-state index in [0.717, 1.165) is 19.5 Å². The van der Waals surface area contributed by atoms with Crippen molar-refractivity contribution in [3.8, 4) is 0 Å². The molecule has 0 aromatic carbocycles. The standard InChI is InChI=1S/C11H16BrNOS/c12-10-4-6-15-11(10)7-13-5-2-1-3-9(13)8-14/h4,6,9,14H,1-3,5,7-8H2. The number of likely N-dealkylation sites (tertiary alicyclic amines) is 1. The van der Waals surface area contributed by atoms with Crippen molar-refractivity contribution in [2.24, 2.45) is 0 Å². The third kappa shape index (κ3) is 2.81. The van der Waals surface area contributed by atoms with E-state index in [1.807, 2.05) is 0 Å². The maximum Gasteiger partial charge on any atom is 0.0587 e. The van der Waals surface area contributed by atoms with E-state index >= 15 is 0 Å². The van der Waals surface area contributed by atoms with Crippen LogP contribution in [0.5, 0.6) is 0 Å². The van der Waals surface area contributed by atoms with Gasteiger partial charge in [0.1, 0.15) is 0 Å². The van der Waals surface area contributed by atoms with Crippen molar-refractivity contribution < 1.29 is 5.11 Å². The van der Waals surface area contributed by atoms with Crippen molar-refractivity contribution in [3.05, 3.63) is 20.8 Å². The Morgan fingerprint density at radius 2 is 2.40 bits per heavy atom. The quantitative estimate of drug-likeness (QED) is 0.925. The highest BCUT2D eigenvalue weighted by atomic mass is 79.9. The van der Waals surface area contributed by atoms with Gasteiger partial charge in [0, 0.05) is 21.9 Å². The van der Waals surface area contributed by atoms with E-state index in [2.05, 4.69) is 32.3 Å². The average Bonchev–Trinajstić information content (AvgIpc) is 2.65. The summed E-state index contributed by atoms with van der Waals surface area (Å²) in [6.45, 7) is 2.39. The second-order valence-corrected chi connectivity index (χ2v) is 5.85. The third-order valence-corrected chi connectivity index (χ3v) is 4.91. The second-order valence-electron chi connectivity index (χ2n) is 3.99. The molecule has 0 saturated carbocycles. The minimum Gasteiger partial charge on any atom is -0.395 e. The zero-order valence-corrected chi connectivity index (χ0v) is 11.1. The normalized spacial score (nSPS) is 23.2. The lowest BCUT2D eigenvalue weighted by Gasteiger charge is -2.34. The minimum atomic E-state index is 0.295. The van der Waals surface area contributed by atoms with Gasteiger partial charge in [-0.3, -0.25) is 4.90 Å². The van der Waals surface area contributed by atoms with Gasteiger partial charge in [0.15, 0.2) is 0 Å². The van der Waals surface area contributed by atoms with Crippen molar-refractivity contribution in [3.63, 3.8) is 0 Å². The predicted octanol–water partition coefficient (Wildman–Crippen LogP) is 2.86. The summed E-state index contributed by atoms with van der Waals surface area (Å²) in [7, 11) is 0. The van der Waals surface area contributed by atoms with Gasteiger partial charge in [-0.15, -0.1) is 11.3 Å². The summed E-state index contributed by atoms with van der Waals surface area (Å²) in [6.07, 6.45) is 3.66. The molecule has 84 valence electrons. The molecule has 1 atom stereocenters. The summed E-state index contributed by atoms with van der Waals surface area (Å²) >= 11 is 5.34. The highest BCUT2D eigenvalue weighted by Crippen LogP contribution is 2.27. The smallest absolute Gasteiger partial charge is 0.0587 e. The van der Waals surface area contributed by atoms with Crippen molar-refractivity contribution in [1.82, 2.24) is 4.90 Å². The van der Waals surface area contributed by atoms with E-state index in [9.17, 15) is 5.11 Å². The van der Waals surface area contributed by atoms with Gasteiger partial charge < -0.3 is 5.11 Å². The first-order valence-corrected chi connectivity index (χ1v) is 7.05. The summed E-state index contributed by atoms with van der Waals surface area (Å²) in [5, 5.41) is 11.4. The minimum absolute atomic E-state index is 0.295. The van der Waals surface area contributed by atoms with Crippen LogP contribution in [0.4, 0.5) is 0 Å². The average molecular weight is 290 g/mol. The maximum atomic E-state index is 9.31. The summed E-state index contributed by atoms with van der Waals surface area (Å²) in [4.78, 5) is 3.77. The SMILES string of the molecule is OCC1CCCCN1Cc1sccc1Br. The predicted molar refractivity (Wildman–Crippen MR) is 67.2 cm³/mol. The molecule has 1 aliphatic heterocycles. The van der Waals surface area contributed by atoms with Gasteiger partial charge in [0.2, 0.25) is 0 Å². The molecule has 2 nitrogen and oxygen atoms in total. The lowest BCUT2D eigenvalue weighted by atomic mass is 10.0. The number of aliphatic hydroxyl groups excluding tert-OH is 1. The lowest BCUT2D eigenvalue weighted by Crippen LogP contribution is -2.41. The van der Waals surface area contributed by atoms with Gasteiger partial charge in [-0.05, 0) is 46.8 Å². The zero-order valence-electron chi connectivity index (χ0n) is 8.66. The number of aliphatic hydroxyl groups is 1. The molecule has 2 rings (SSSR count). The fourth-order valence-corrected chi connectivity index (χ4v) is 3.60. The van der Waals surface area contributed by atoms with Gasteiger partial charge in [-0.25, -0.2) is 0 Å². The fraction of sp³-hybridized carbons (Fsp3) is 0.636. The number of hydrogen-bond acceptors (Lipinski definition) is 3. The summed E-state index contributed by atoms with van der Waals surface area (Å²) < 4.78 is 1.20. The zero-order chi connectivity index (χ0) is 10.7. The summed E-state index contributed by atoms with van der Waals surface area (Å²) in [6, 6.07) is 2.46. The Morgan fingerprint density at radius 3 is 3.07 bits per heavy atom. The van der Waals surface area contributed by atoms with Gasteiger partial charge in [-0.1, -0.05) is 6.42 Å². The number of nitrogens with zero attached hydrogens (tertiary/aromatic N) is 1. The van der Waals surface area contributed by atoms with Gasteiger partial charge >= 0.3 is 0 Å². The first-order chi connectivity index (χ1) is 7.31. The van der Waals surface area contributed by atoms with Crippen LogP contribution in [-0.4, -0.2) is 29.2 Å². The topological polar surface area (TPSA) is 23.5 Å². The first-order valence-electron chi connectivity index (χ1n) is 5.38. The van der Waals surface area contributed by atoms with Crippen LogP contribution in [0, 0.1) is 0 Å². The molecule has 1 aliphatic rings. The molecule has 1 aromatic rings. The van der Waals surface area contributed by atoms with Crippen LogP contribution in [0.1, 0.15) is 24.1 Å². The van der Waals surface area contributed by atoms with E-state index in [0.29, 0.717) is 12.6 Å². The van der Waals surface area contributed by atoms with Crippen LogP contribution < -0.4 is 0 Å². The van der Waals surface area contributed by atoms with Gasteiger partial charge in [-0.2, -0.15) is 0 Å². The first kappa shape index (κ1) is 11.6. The Labute approximate surface area is 103 Å². The number of rotatable bonds is 3.